The van der Waals surface area contributed by atoms with Crippen LogP contribution >= 0.6 is 11.6 Å². The summed E-state index contributed by atoms with van der Waals surface area (Å²) in [4.78, 5) is 6.18. The first kappa shape index (κ1) is 17.7. The molecule has 0 fully saturated rings. The Morgan fingerprint density at radius 3 is 2.62 bits per heavy atom. The molecular weight excluding hydrogens is 312 g/mol. The van der Waals surface area contributed by atoms with Crippen molar-refractivity contribution in [1.82, 2.24) is 9.62 Å². The average Bonchev–Trinajstić information content (AvgIpc) is 2.45. The molecule has 0 bridgehead atoms. The number of benzene rings is 1. The van der Waals surface area contributed by atoms with Gasteiger partial charge in [0.15, 0.2) is 5.96 Å². The van der Waals surface area contributed by atoms with Crippen LogP contribution < -0.4 is 10.5 Å². The number of halogens is 1. The van der Waals surface area contributed by atoms with Crippen LogP contribution in [-0.4, -0.2) is 45.5 Å². The average molecular weight is 333 g/mol. The first-order chi connectivity index (χ1) is 9.90. The summed E-state index contributed by atoms with van der Waals surface area (Å²) in [7, 11) is -3.57. The van der Waals surface area contributed by atoms with Crippen molar-refractivity contribution in [2.45, 2.75) is 18.7 Å². The Hall–Kier alpha value is -1.31. The highest BCUT2D eigenvalue weighted by Crippen LogP contribution is 2.14. The van der Waals surface area contributed by atoms with E-state index in [0.29, 0.717) is 11.0 Å². The van der Waals surface area contributed by atoms with E-state index in [9.17, 15) is 8.42 Å². The molecule has 1 aromatic rings. The second kappa shape index (κ2) is 8.21. The third-order valence-electron chi connectivity index (χ3n) is 2.87. The molecule has 21 heavy (non-hydrogen) atoms. The topological polar surface area (TPSA) is 87.8 Å². The Kier molecular flexibility index (Phi) is 6.94. The summed E-state index contributed by atoms with van der Waals surface area (Å²) in [5.41, 5.74) is 5.80. The molecular formula is C13H21ClN4O2S. The van der Waals surface area contributed by atoms with Crippen molar-refractivity contribution >= 4 is 27.6 Å². The fourth-order valence-electron chi connectivity index (χ4n) is 1.72. The van der Waals surface area contributed by atoms with E-state index in [1.165, 1.54) is 12.1 Å². The molecule has 0 unspecified atom stereocenters. The summed E-state index contributed by atoms with van der Waals surface area (Å²) in [6.45, 7) is 5.95. The van der Waals surface area contributed by atoms with Crippen LogP contribution in [0.3, 0.4) is 0 Å². The number of rotatable bonds is 7. The van der Waals surface area contributed by atoms with Crippen LogP contribution in [0.5, 0.6) is 0 Å². The number of guanidine groups is 1. The van der Waals surface area contributed by atoms with Gasteiger partial charge in [0, 0.05) is 24.7 Å². The van der Waals surface area contributed by atoms with Crippen LogP contribution in [0.15, 0.2) is 34.2 Å². The molecule has 6 nitrogen and oxygen atoms in total. The van der Waals surface area contributed by atoms with Crippen molar-refractivity contribution in [2.75, 3.05) is 26.2 Å². The third-order valence-corrected chi connectivity index (χ3v) is 4.57. The largest absolute Gasteiger partial charge is 0.370 e. The van der Waals surface area contributed by atoms with Crippen molar-refractivity contribution in [3.63, 3.8) is 0 Å². The van der Waals surface area contributed by atoms with Gasteiger partial charge in [-0.2, -0.15) is 0 Å². The van der Waals surface area contributed by atoms with Gasteiger partial charge in [-0.1, -0.05) is 17.7 Å². The highest BCUT2D eigenvalue weighted by molar-refractivity contribution is 7.89. The number of hydrogen-bond donors (Lipinski definition) is 2. The number of nitrogens with zero attached hydrogens (tertiary/aromatic N) is 2. The highest BCUT2D eigenvalue weighted by atomic mass is 35.5. The quantitative estimate of drug-likeness (QED) is 0.447. The minimum absolute atomic E-state index is 0.135. The Morgan fingerprint density at radius 1 is 1.38 bits per heavy atom. The minimum atomic E-state index is -3.57. The van der Waals surface area contributed by atoms with E-state index in [1.54, 1.807) is 12.1 Å². The Balaban J connectivity index is 2.57. The van der Waals surface area contributed by atoms with Crippen molar-refractivity contribution < 1.29 is 8.42 Å². The highest BCUT2D eigenvalue weighted by Gasteiger charge is 2.13. The van der Waals surface area contributed by atoms with Crippen molar-refractivity contribution in [3.8, 4) is 0 Å². The monoisotopic (exact) mass is 332 g/mol. The van der Waals surface area contributed by atoms with Gasteiger partial charge in [-0.05, 0) is 32.0 Å². The lowest BCUT2D eigenvalue weighted by Gasteiger charge is -2.19. The number of nitrogens with one attached hydrogen (secondary N) is 1. The minimum Gasteiger partial charge on any atom is -0.370 e. The molecule has 0 atom stereocenters. The molecule has 0 saturated carbocycles. The Morgan fingerprint density at radius 2 is 2.05 bits per heavy atom. The SMILES string of the molecule is CCN(CC)C(N)=NCCNS(=O)(=O)c1cccc(Cl)c1. The molecule has 0 radical (unpaired) electrons. The molecule has 0 spiro atoms. The van der Waals surface area contributed by atoms with Gasteiger partial charge in [0.1, 0.15) is 0 Å². The maximum atomic E-state index is 12.0. The fraction of sp³-hybridized carbons (Fsp3) is 0.462. The van der Waals surface area contributed by atoms with E-state index in [2.05, 4.69) is 9.71 Å². The molecule has 0 aliphatic carbocycles. The molecule has 0 aliphatic rings. The molecule has 3 N–H and O–H groups in total. The van der Waals surface area contributed by atoms with Gasteiger partial charge in [-0.25, -0.2) is 13.1 Å². The van der Waals surface area contributed by atoms with Gasteiger partial charge >= 0.3 is 0 Å². The molecule has 1 aromatic carbocycles. The van der Waals surface area contributed by atoms with Gasteiger partial charge in [0.05, 0.1) is 11.4 Å². The van der Waals surface area contributed by atoms with Crippen LogP contribution in [0.1, 0.15) is 13.8 Å². The Labute approximate surface area is 131 Å². The smallest absolute Gasteiger partial charge is 0.240 e. The number of hydrogen-bond acceptors (Lipinski definition) is 3. The zero-order chi connectivity index (χ0) is 15.9. The van der Waals surface area contributed by atoms with Crippen LogP contribution in [0.25, 0.3) is 0 Å². The van der Waals surface area contributed by atoms with Gasteiger partial charge in [-0.3, -0.25) is 4.99 Å². The van der Waals surface area contributed by atoms with E-state index in [4.69, 9.17) is 17.3 Å². The molecule has 1 rings (SSSR count). The molecule has 0 amide bonds. The lowest BCUT2D eigenvalue weighted by molar-refractivity contribution is 0.458. The summed E-state index contributed by atoms with van der Waals surface area (Å²) in [5.74, 6) is 0.418. The second-order valence-electron chi connectivity index (χ2n) is 4.27. The van der Waals surface area contributed by atoms with E-state index >= 15 is 0 Å². The number of sulfonamides is 1. The summed E-state index contributed by atoms with van der Waals surface area (Å²) >= 11 is 5.78. The summed E-state index contributed by atoms with van der Waals surface area (Å²) < 4.78 is 26.5. The predicted molar refractivity (Wildman–Crippen MR) is 86.1 cm³/mol. The van der Waals surface area contributed by atoms with Gasteiger partial charge < -0.3 is 10.6 Å². The van der Waals surface area contributed by atoms with Crippen molar-refractivity contribution in [3.05, 3.63) is 29.3 Å². The predicted octanol–water partition coefficient (Wildman–Crippen LogP) is 1.27. The van der Waals surface area contributed by atoms with Crippen molar-refractivity contribution in [2.24, 2.45) is 10.7 Å². The van der Waals surface area contributed by atoms with Gasteiger partial charge in [-0.15, -0.1) is 0 Å². The van der Waals surface area contributed by atoms with Gasteiger partial charge in [0.25, 0.3) is 0 Å². The first-order valence-corrected chi connectivity index (χ1v) is 8.57. The first-order valence-electron chi connectivity index (χ1n) is 6.70. The van der Waals surface area contributed by atoms with Crippen molar-refractivity contribution in [1.29, 1.82) is 0 Å². The van der Waals surface area contributed by atoms with Crippen LogP contribution in [0.2, 0.25) is 5.02 Å². The maximum Gasteiger partial charge on any atom is 0.240 e. The molecule has 0 heterocycles. The normalized spacial score (nSPS) is 12.4. The van der Waals surface area contributed by atoms with E-state index < -0.39 is 10.0 Å². The molecule has 8 heteroatoms. The summed E-state index contributed by atoms with van der Waals surface area (Å²) in [6, 6.07) is 6.10. The zero-order valence-corrected chi connectivity index (χ0v) is 13.8. The van der Waals surface area contributed by atoms with E-state index in [-0.39, 0.29) is 18.0 Å². The van der Waals surface area contributed by atoms with E-state index in [1.807, 2.05) is 18.7 Å². The summed E-state index contributed by atoms with van der Waals surface area (Å²) in [6.07, 6.45) is 0. The lowest BCUT2D eigenvalue weighted by atomic mass is 10.4. The van der Waals surface area contributed by atoms with E-state index in [0.717, 1.165) is 13.1 Å². The molecule has 0 saturated heterocycles. The Bertz CT molecular complexity index is 586. The third kappa shape index (κ3) is 5.53. The zero-order valence-electron chi connectivity index (χ0n) is 12.2. The fourth-order valence-corrected chi connectivity index (χ4v) is 3.04. The maximum absolute atomic E-state index is 12.0. The van der Waals surface area contributed by atoms with Gasteiger partial charge in [0.2, 0.25) is 10.0 Å². The standard InChI is InChI=1S/C13H21ClN4O2S/c1-3-18(4-2)13(15)16-8-9-17-21(19,20)12-7-5-6-11(14)10-12/h5-7,10,17H,3-4,8-9H2,1-2H3,(H2,15,16). The lowest BCUT2D eigenvalue weighted by Crippen LogP contribution is -2.37. The number of nitrogens with two attached hydrogens (primary N) is 1. The van der Waals surface area contributed by atoms with Crippen LogP contribution in [-0.2, 0) is 10.0 Å². The molecule has 118 valence electrons. The summed E-state index contributed by atoms with van der Waals surface area (Å²) in [5, 5.41) is 0.377. The molecule has 0 aliphatic heterocycles. The number of aliphatic imine (C=N–C) groups is 1. The van der Waals surface area contributed by atoms with Crippen LogP contribution in [0, 0.1) is 0 Å². The second-order valence-corrected chi connectivity index (χ2v) is 6.47. The molecule has 0 aromatic heterocycles. The van der Waals surface area contributed by atoms with Crippen LogP contribution in [0.4, 0.5) is 0 Å².